The molecule has 0 bridgehead atoms. The van der Waals surface area contributed by atoms with Crippen molar-refractivity contribution < 1.29 is 19.1 Å². The van der Waals surface area contributed by atoms with Crippen LogP contribution in [0.3, 0.4) is 0 Å². The largest absolute Gasteiger partial charge is 0.444 e. The van der Waals surface area contributed by atoms with Crippen molar-refractivity contribution >= 4 is 17.7 Å². The first-order chi connectivity index (χ1) is 14.2. The van der Waals surface area contributed by atoms with Gasteiger partial charge in [-0.15, -0.1) is 0 Å². The topological polar surface area (TPSA) is 62.3 Å². The average molecular weight is 418 g/mol. The Balaban J connectivity index is 1.63. The minimum absolute atomic E-state index is 0.0834. The molecule has 2 amide bonds. The number of anilines is 1. The molecule has 2 aliphatic rings. The van der Waals surface area contributed by atoms with E-state index in [2.05, 4.69) is 17.0 Å². The highest BCUT2D eigenvalue weighted by atomic mass is 16.6. The molecule has 0 radical (unpaired) electrons. The predicted molar refractivity (Wildman–Crippen MR) is 116 cm³/mol. The molecule has 3 rings (SSSR count). The number of likely N-dealkylation sites (tertiary alicyclic amines) is 1. The first kappa shape index (κ1) is 22.4. The number of carbonyl (C=O) groups is 2. The molecule has 1 atom stereocenters. The molecular formula is C23H35N3O4. The van der Waals surface area contributed by atoms with Gasteiger partial charge >= 0.3 is 6.09 Å². The molecule has 2 fully saturated rings. The number of benzene rings is 1. The van der Waals surface area contributed by atoms with Gasteiger partial charge in [0.1, 0.15) is 5.60 Å². The lowest BCUT2D eigenvalue weighted by atomic mass is 9.96. The number of nitrogens with zero attached hydrogens (tertiary/aromatic N) is 3. The molecule has 2 saturated heterocycles. The third-order valence-corrected chi connectivity index (χ3v) is 5.55. The number of morpholine rings is 1. The van der Waals surface area contributed by atoms with E-state index in [9.17, 15) is 9.59 Å². The van der Waals surface area contributed by atoms with E-state index in [4.69, 9.17) is 9.47 Å². The second-order valence-electron chi connectivity index (χ2n) is 9.19. The van der Waals surface area contributed by atoms with Crippen molar-refractivity contribution in [3.05, 3.63) is 29.8 Å². The summed E-state index contributed by atoms with van der Waals surface area (Å²) < 4.78 is 11.0. The molecule has 7 heteroatoms. The van der Waals surface area contributed by atoms with E-state index in [1.165, 1.54) is 5.69 Å². The summed E-state index contributed by atoms with van der Waals surface area (Å²) in [5.41, 5.74) is 1.77. The average Bonchev–Trinajstić information content (AvgIpc) is 2.73. The molecule has 0 spiro atoms. The van der Waals surface area contributed by atoms with Crippen molar-refractivity contribution in [3.8, 4) is 0 Å². The number of rotatable bonds is 4. The van der Waals surface area contributed by atoms with Crippen LogP contribution in [0, 0.1) is 5.92 Å². The number of ether oxygens (including phenoxy) is 2. The minimum atomic E-state index is -0.534. The van der Waals surface area contributed by atoms with Crippen molar-refractivity contribution in [1.82, 2.24) is 9.80 Å². The number of piperidine rings is 1. The molecule has 2 aliphatic heterocycles. The van der Waals surface area contributed by atoms with Crippen LogP contribution in [-0.4, -0.2) is 73.8 Å². The summed E-state index contributed by atoms with van der Waals surface area (Å²) >= 11 is 0. The molecule has 1 aromatic carbocycles. The Morgan fingerprint density at radius 3 is 2.57 bits per heavy atom. The smallest absolute Gasteiger partial charge is 0.410 e. The Bertz CT molecular complexity index is 740. The van der Waals surface area contributed by atoms with Crippen molar-refractivity contribution in [1.29, 1.82) is 0 Å². The van der Waals surface area contributed by atoms with Crippen LogP contribution in [0.25, 0.3) is 0 Å². The summed E-state index contributed by atoms with van der Waals surface area (Å²) in [4.78, 5) is 31.4. The van der Waals surface area contributed by atoms with Crippen LogP contribution in [0.15, 0.2) is 24.3 Å². The summed E-state index contributed by atoms with van der Waals surface area (Å²) in [7, 11) is 1.85. The highest BCUT2D eigenvalue weighted by Gasteiger charge is 2.32. The molecule has 0 saturated carbocycles. The zero-order chi connectivity index (χ0) is 21.7. The number of hydrogen-bond acceptors (Lipinski definition) is 5. The maximum atomic E-state index is 13.2. The summed E-state index contributed by atoms with van der Waals surface area (Å²) in [6.45, 7) is 10.4. The normalized spacial score (nSPS) is 20.1. The maximum absolute atomic E-state index is 13.2. The van der Waals surface area contributed by atoms with Gasteiger partial charge in [-0.25, -0.2) is 4.79 Å². The summed E-state index contributed by atoms with van der Waals surface area (Å²) in [5, 5.41) is 0. The third kappa shape index (κ3) is 5.88. The van der Waals surface area contributed by atoms with Crippen LogP contribution in [-0.2, 0) is 20.8 Å². The van der Waals surface area contributed by atoms with Crippen molar-refractivity contribution in [2.45, 2.75) is 45.8 Å². The quantitative estimate of drug-likeness (QED) is 0.753. The van der Waals surface area contributed by atoms with Crippen LogP contribution in [0.4, 0.5) is 10.5 Å². The van der Waals surface area contributed by atoms with Gasteiger partial charge in [0.15, 0.2) is 0 Å². The van der Waals surface area contributed by atoms with Crippen LogP contribution < -0.4 is 4.90 Å². The zero-order valence-electron chi connectivity index (χ0n) is 18.7. The van der Waals surface area contributed by atoms with E-state index in [0.29, 0.717) is 19.6 Å². The van der Waals surface area contributed by atoms with E-state index in [1.807, 2.05) is 40.0 Å². The molecule has 7 nitrogen and oxygen atoms in total. The molecular weight excluding hydrogens is 382 g/mol. The predicted octanol–water partition coefficient (Wildman–Crippen LogP) is 3.13. The number of hydrogen-bond donors (Lipinski definition) is 0. The molecule has 30 heavy (non-hydrogen) atoms. The molecule has 2 heterocycles. The second-order valence-corrected chi connectivity index (χ2v) is 9.19. The van der Waals surface area contributed by atoms with Gasteiger partial charge in [0.25, 0.3) is 0 Å². The Kier molecular flexibility index (Phi) is 7.23. The fourth-order valence-electron chi connectivity index (χ4n) is 4.07. The highest BCUT2D eigenvalue weighted by molar-refractivity contribution is 5.80. The van der Waals surface area contributed by atoms with Crippen LogP contribution in [0.1, 0.15) is 39.2 Å². The number of para-hydroxylation sites is 1. The van der Waals surface area contributed by atoms with Gasteiger partial charge in [0.2, 0.25) is 5.91 Å². The Morgan fingerprint density at radius 2 is 1.87 bits per heavy atom. The lowest BCUT2D eigenvalue weighted by molar-refractivity contribution is -0.136. The SMILES string of the molecule is CN(Cc1ccccc1N1CCOCC1)C(=O)[C@H]1CCCN(C(=O)OC(C)(C)C)C1. The second kappa shape index (κ2) is 9.69. The van der Waals surface area contributed by atoms with Gasteiger partial charge in [-0.05, 0) is 45.2 Å². The van der Waals surface area contributed by atoms with Crippen molar-refractivity contribution in [2.24, 2.45) is 5.92 Å². The Morgan fingerprint density at radius 1 is 1.17 bits per heavy atom. The van der Waals surface area contributed by atoms with Crippen LogP contribution in [0.5, 0.6) is 0 Å². The van der Waals surface area contributed by atoms with Gasteiger partial charge in [-0.1, -0.05) is 18.2 Å². The lowest BCUT2D eigenvalue weighted by Gasteiger charge is -2.35. The first-order valence-corrected chi connectivity index (χ1v) is 10.9. The van der Waals surface area contributed by atoms with E-state index >= 15 is 0 Å². The van der Waals surface area contributed by atoms with Gasteiger partial charge in [0, 0.05) is 45.5 Å². The fourth-order valence-corrected chi connectivity index (χ4v) is 4.07. The number of carbonyl (C=O) groups excluding carboxylic acids is 2. The summed E-state index contributed by atoms with van der Waals surface area (Å²) in [6.07, 6.45) is 1.28. The summed E-state index contributed by atoms with van der Waals surface area (Å²) in [5.74, 6) is -0.105. The number of amides is 2. The van der Waals surface area contributed by atoms with Gasteiger partial charge in [0.05, 0.1) is 19.1 Å². The van der Waals surface area contributed by atoms with Gasteiger partial charge in [-0.2, -0.15) is 0 Å². The van der Waals surface area contributed by atoms with E-state index in [1.54, 1.807) is 9.80 Å². The summed E-state index contributed by atoms with van der Waals surface area (Å²) in [6, 6.07) is 8.25. The zero-order valence-corrected chi connectivity index (χ0v) is 18.7. The van der Waals surface area contributed by atoms with Crippen LogP contribution in [0.2, 0.25) is 0 Å². The van der Waals surface area contributed by atoms with E-state index in [0.717, 1.165) is 44.7 Å². The van der Waals surface area contributed by atoms with E-state index in [-0.39, 0.29) is 17.9 Å². The fraction of sp³-hybridized carbons (Fsp3) is 0.652. The molecule has 0 aliphatic carbocycles. The van der Waals surface area contributed by atoms with Crippen molar-refractivity contribution in [2.75, 3.05) is 51.3 Å². The first-order valence-electron chi connectivity index (χ1n) is 10.9. The molecule has 0 aromatic heterocycles. The lowest BCUT2D eigenvalue weighted by Crippen LogP contribution is -2.47. The highest BCUT2D eigenvalue weighted by Crippen LogP contribution is 2.25. The monoisotopic (exact) mass is 417 g/mol. The molecule has 1 aromatic rings. The minimum Gasteiger partial charge on any atom is -0.444 e. The van der Waals surface area contributed by atoms with Gasteiger partial charge < -0.3 is 24.2 Å². The standard InChI is InChI=1S/C23H35N3O4/c1-23(2,3)30-22(28)26-11-7-9-19(17-26)21(27)24(4)16-18-8-5-6-10-20(18)25-12-14-29-15-13-25/h5-6,8,10,19H,7,9,11-17H2,1-4H3/t19-/m0/s1. The van der Waals surface area contributed by atoms with Crippen molar-refractivity contribution in [3.63, 3.8) is 0 Å². The van der Waals surface area contributed by atoms with E-state index < -0.39 is 5.60 Å². The third-order valence-electron chi connectivity index (χ3n) is 5.55. The molecule has 0 unspecified atom stereocenters. The maximum Gasteiger partial charge on any atom is 0.410 e. The molecule has 0 N–H and O–H groups in total. The Labute approximate surface area is 179 Å². The Hall–Kier alpha value is -2.28. The van der Waals surface area contributed by atoms with Gasteiger partial charge in [-0.3, -0.25) is 4.79 Å². The van der Waals surface area contributed by atoms with Crippen LogP contribution >= 0.6 is 0 Å². The molecule has 166 valence electrons.